The monoisotopic (exact) mass is 774 g/mol. The molecule has 13 rings (SSSR count). The fourth-order valence-electron chi connectivity index (χ4n) is 9.04. The molecule has 6 heteroatoms. The lowest BCUT2D eigenvalue weighted by molar-refractivity contribution is 1.18. The number of fused-ring (bicyclic) bond motifs is 13. The molecule has 0 spiro atoms. The average molecular weight is 775 g/mol. The lowest BCUT2D eigenvalue weighted by Gasteiger charge is -2.11. The number of H-pyrrole nitrogens is 1. The molecule has 8 aromatic carbocycles. The van der Waals surface area contributed by atoms with E-state index in [1.165, 1.54) is 73.9 Å². The van der Waals surface area contributed by atoms with E-state index >= 15 is 0 Å². The smallest absolute Gasteiger partial charge is 0.160 e. The first-order valence-electron chi connectivity index (χ1n) is 19.5. The molecule has 4 nitrogen and oxygen atoms in total. The van der Waals surface area contributed by atoms with Gasteiger partial charge in [-0.15, -0.1) is 22.7 Å². The summed E-state index contributed by atoms with van der Waals surface area (Å²) < 4.78 is 7.37. The van der Waals surface area contributed by atoms with Crippen LogP contribution >= 0.6 is 22.7 Å². The molecule has 0 aliphatic carbocycles. The average Bonchev–Trinajstić information content (AvgIpc) is 4.04. The molecular weight excluding hydrogens is 745 g/mol. The first kappa shape index (κ1) is 32.0. The van der Waals surface area contributed by atoms with Crippen LogP contribution in [0.4, 0.5) is 0 Å². The maximum atomic E-state index is 5.20. The number of aromatic amines is 1. The molecule has 0 saturated heterocycles. The van der Waals surface area contributed by atoms with E-state index in [-0.39, 0.29) is 0 Å². The van der Waals surface area contributed by atoms with Gasteiger partial charge in [0.25, 0.3) is 0 Å². The summed E-state index contributed by atoms with van der Waals surface area (Å²) >= 11 is 3.64. The number of nitrogens with zero attached hydrogens (tertiary/aromatic N) is 3. The van der Waals surface area contributed by atoms with Crippen molar-refractivity contribution in [2.75, 3.05) is 0 Å². The van der Waals surface area contributed by atoms with Gasteiger partial charge in [-0.3, -0.25) is 0 Å². The quantitative estimate of drug-likeness (QED) is 0.194. The predicted octanol–water partition coefficient (Wildman–Crippen LogP) is 14.9. The Morgan fingerprint density at radius 3 is 2.03 bits per heavy atom. The molecule has 0 bridgehead atoms. The van der Waals surface area contributed by atoms with Gasteiger partial charge in [-0.25, -0.2) is 9.97 Å². The van der Waals surface area contributed by atoms with E-state index in [0.717, 1.165) is 49.7 Å². The second-order valence-electron chi connectivity index (χ2n) is 15.0. The Morgan fingerprint density at radius 2 is 1.14 bits per heavy atom. The minimum atomic E-state index is 0.735. The standard InChI is InChI=1S/C52H30N4S2/c1-2-11-31(12-3-1)47-51-49(39-17-6-9-20-45(39)57-51)55-52(54-47)32-23-21-30(22-24-32)33-13-10-14-34(27-33)56-43-19-8-5-16-36(43)40-28-41-38-26-25-37-35-15-4-7-18-42(35)53-48(37)50(38)58-46(41)29-44(40)56/h1-29,53H. The molecule has 1 N–H and O–H groups in total. The predicted molar refractivity (Wildman–Crippen MR) is 248 cm³/mol. The fourth-order valence-corrected chi connectivity index (χ4v) is 11.4. The molecular formula is C52H30N4S2. The maximum absolute atomic E-state index is 5.20. The largest absolute Gasteiger partial charge is 0.353 e. The molecule has 0 amide bonds. The molecule has 0 radical (unpaired) electrons. The van der Waals surface area contributed by atoms with Crippen LogP contribution < -0.4 is 0 Å². The number of thiophene rings is 2. The van der Waals surface area contributed by atoms with Crippen LogP contribution in [0.5, 0.6) is 0 Å². The summed E-state index contributed by atoms with van der Waals surface area (Å²) in [4.78, 5) is 14.1. The highest BCUT2D eigenvalue weighted by molar-refractivity contribution is 7.27. The molecule has 0 unspecified atom stereocenters. The van der Waals surface area contributed by atoms with Gasteiger partial charge in [0.15, 0.2) is 5.82 Å². The molecule has 13 aromatic rings. The van der Waals surface area contributed by atoms with Crippen LogP contribution in [-0.4, -0.2) is 19.5 Å². The number of para-hydroxylation sites is 2. The van der Waals surface area contributed by atoms with Gasteiger partial charge in [0.05, 0.1) is 37.2 Å². The van der Waals surface area contributed by atoms with Crippen molar-refractivity contribution in [3.63, 3.8) is 0 Å². The van der Waals surface area contributed by atoms with E-state index in [4.69, 9.17) is 9.97 Å². The van der Waals surface area contributed by atoms with Gasteiger partial charge in [0, 0.05) is 69.4 Å². The summed E-state index contributed by atoms with van der Waals surface area (Å²) in [6, 6.07) is 63.5. The third-order valence-corrected chi connectivity index (χ3v) is 14.1. The minimum Gasteiger partial charge on any atom is -0.353 e. The van der Waals surface area contributed by atoms with Crippen molar-refractivity contribution >= 4 is 107 Å². The first-order chi connectivity index (χ1) is 28.7. The van der Waals surface area contributed by atoms with Crippen LogP contribution in [0, 0.1) is 0 Å². The normalized spacial score (nSPS) is 12.1. The van der Waals surface area contributed by atoms with Crippen LogP contribution in [0.1, 0.15) is 0 Å². The summed E-state index contributed by atoms with van der Waals surface area (Å²) in [5, 5.41) is 8.84. The van der Waals surface area contributed by atoms with Crippen molar-refractivity contribution in [2.45, 2.75) is 0 Å². The molecule has 0 fully saturated rings. The minimum absolute atomic E-state index is 0.735. The molecule has 0 aliphatic rings. The summed E-state index contributed by atoms with van der Waals surface area (Å²) in [6.07, 6.45) is 0. The van der Waals surface area contributed by atoms with Crippen molar-refractivity contribution < 1.29 is 0 Å². The molecule has 58 heavy (non-hydrogen) atoms. The number of benzene rings is 8. The highest BCUT2D eigenvalue weighted by Crippen LogP contribution is 2.44. The third kappa shape index (κ3) is 4.67. The van der Waals surface area contributed by atoms with E-state index in [2.05, 4.69) is 185 Å². The highest BCUT2D eigenvalue weighted by atomic mass is 32.1. The van der Waals surface area contributed by atoms with Gasteiger partial charge in [0.1, 0.15) is 0 Å². The second-order valence-corrected chi connectivity index (χ2v) is 17.1. The van der Waals surface area contributed by atoms with Crippen molar-refractivity contribution in [1.29, 1.82) is 0 Å². The van der Waals surface area contributed by atoms with Crippen molar-refractivity contribution in [3.8, 4) is 39.5 Å². The maximum Gasteiger partial charge on any atom is 0.160 e. The molecule has 5 heterocycles. The molecule has 270 valence electrons. The van der Waals surface area contributed by atoms with Gasteiger partial charge < -0.3 is 9.55 Å². The zero-order valence-corrected chi connectivity index (χ0v) is 32.5. The molecule has 5 aromatic heterocycles. The van der Waals surface area contributed by atoms with Crippen LogP contribution in [0.25, 0.3) is 124 Å². The van der Waals surface area contributed by atoms with E-state index in [9.17, 15) is 0 Å². The van der Waals surface area contributed by atoms with Crippen molar-refractivity contribution in [1.82, 2.24) is 19.5 Å². The van der Waals surface area contributed by atoms with Crippen molar-refractivity contribution in [2.24, 2.45) is 0 Å². The lowest BCUT2D eigenvalue weighted by Crippen LogP contribution is -1.95. The van der Waals surface area contributed by atoms with E-state index < -0.39 is 0 Å². The Labute approximate surface area is 339 Å². The van der Waals surface area contributed by atoms with E-state index in [1.54, 1.807) is 11.3 Å². The zero-order chi connectivity index (χ0) is 37.9. The summed E-state index contributed by atoms with van der Waals surface area (Å²) in [5.41, 5.74) is 12.3. The second kappa shape index (κ2) is 12.2. The summed E-state index contributed by atoms with van der Waals surface area (Å²) in [7, 11) is 0. The molecule has 0 aliphatic heterocycles. The molecule has 0 saturated carbocycles. The number of nitrogens with one attached hydrogen (secondary N) is 1. The van der Waals surface area contributed by atoms with Gasteiger partial charge in [0.2, 0.25) is 0 Å². The van der Waals surface area contributed by atoms with E-state index in [0.29, 0.717) is 0 Å². The highest BCUT2D eigenvalue weighted by Gasteiger charge is 2.19. The Bertz CT molecular complexity index is 3790. The Hall–Kier alpha value is -7.12. The SMILES string of the molecule is c1ccc(-c2nc(-c3ccc(-c4cccc(-n5c6ccccc6c6cc7c(cc65)sc5c7ccc6c7ccccc7[nH]c65)c4)cc3)nc3c2sc2ccccc23)cc1. The van der Waals surface area contributed by atoms with Crippen LogP contribution in [0.15, 0.2) is 176 Å². The first-order valence-corrected chi connectivity index (χ1v) is 21.1. The van der Waals surface area contributed by atoms with Gasteiger partial charge >= 0.3 is 0 Å². The van der Waals surface area contributed by atoms with Gasteiger partial charge in [-0.05, 0) is 53.6 Å². The molecule has 0 atom stereocenters. The fraction of sp³-hybridized carbons (Fsp3) is 0. The zero-order valence-electron chi connectivity index (χ0n) is 30.9. The van der Waals surface area contributed by atoms with Crippen LogP contribution in [0.2, 0.25) is 0 Å². The Kier molecular flexibility index (Phi) is 6.73. The van der Waals surface area contributed by atoms with E-state index in [1.807, 2.05) is 11.3 Å². The number of hydrogen-bond acceptors (Lipinski definition) is 4. The Morgan fingerprint density at radius 1 is 0.414 bits per heavy atom. The number of aromatic nitrogens is 4. The third-order valence-electron chi connectivity index (χ3n) is 11.8. The topological polar surface area (TPSA) is 46.5 Å². The number of hydrogen-bond donors (Lipinski definition) is 1. The summed E-state index contributed by atoms with van der Waals surface area (Å²) in [5.74, 6) is 0.735. The van der Waals surface area contributed by atoms with Gasteiger partial charge in [-0.2, -0.15) is 0 Å². The van der Waals surface area contributed by atoms with Crippen LogP contribution in [0.3, 0.4) is 0 Å². The van der Waals surface area contributed by atoms with Crippen molar-refractivity contribution in [3.05, 3.63) is 176 Å². The van der Waals surface area contributed by atoms with Gasteiger partial charge in [-0.1, -0.05) is 133 Å². The summed E-state index contributed by atoms with van der Waals surface area (Å²) in [6.45, 7) is 0. The Balaban J connectivity index is 0.933. The lowest BCUT2D eigenvalue weighted by atomic mass is 10.0. The number of rotatable bonds is 4. The van der Waals surface area contributed by atoms with Crippen LogP contribution in [-0.2, 0) is 0 Å².